The van der Waals surface area contributed by atoms with Crippen LogP contribution in [0.25, 0.3) is 0 Å². The number of aliphatic hydroxyl groups is 1. The van der Waals surface area contributed by atoms with Gasteiger partial charge in [0.1, 0.15) is 0 Å². The Morgan fingerprint density at radius 2 is 2.00 bits per heavy atom. The third kappa shape index (κ3) is 2.54. The van der Waals surface area contributed by atoms with Crippen LogP contribution in [0.5, 0.6) is 0 Å². The van der Waals surface area contributed by atoms with Gasteiger partial charge in [-0.3, -0.25) is 0 Å². The highest BCUT2D eigenvalue weighted by Crippen LogP contribution is 2.37. The van der Waals surface area contributed by atoms with E-state index in [1.54, 1.807) is 0 Å². The molecule has 15 heavy (non-hydrogen) atoms. The number of hydrogen-bond acceptors (Lipinski definition) is 2. The Balaban J connectivity index is 2.00. The van der Waals surface area contributed by atoms with E-state index in [2.05, 4.69) is 19.2 Å². The second kappa shape index (κ2) is 4.42. The summed E-state index contributed by atoms with van der Waals surface area (Å²) in [6.07, 6.45) is 6.92. The lowest BCUT2D eigenvalue weighted by Gasteiger charge is -2.45. The fourth-order valence-electron chi connectivity index (χ4n) is 3.40. The van der Waals surface area contributed by atoms with Crippen molar-refractivity contribution in [1.82, 2.24) is 5.32 Å². The van der Waals surface area contributed by atoms with Crippen LogP contribution in [-0.2, 0) is 0 Å². The van der Waals surface area contributed by atoms with Crippen molar-refractivity contribution in [3.63, 3.8) is 0 Å². The van der Waals surface area contributed by atoms with Crippen LogP contribution in [0.4, 0.5) is 0 Å². The van der Waals surface area contributed by atoms with Crippen molar-refractivity contribution in [1.29, 1.82) is 0 Å². The van der Waals surface area contributed by atoms with Gasteiger partial charge in [0.2, 0.25) is 0 Å². The normalized spacial score (nSPS) is 47.8. The minimum absolute atomic E-state index is 0.351. The molecular weight excluding hydrogens is 186 g/mol. The summed E-state index contributed by atoms with van der Waals surface area (Å²) in [5, 5.41) is 14.3. The Labute approximate surface area is 93.5 Å². The van der Waals surface area contributed by atoms with Crippen molar-refractivity contribution in [3.8, 4) is 0 Å². The minimum Gasteiger partial charge on any atom is -0.388 e. The minimum atomic E-state index is -0.410. The van der Waals surface area contributed by atoms with Gasteiger partial charge in [0.15, 0.2) is 0 Å². The molecule has 2 rings (SSSR count). The number of hydrogen-bond donors (Lipinski definition) is 2. The molecule has 2 aliphatic rings. The lowest BCUT2D eigenvalue weighted by atomic mass is 9.71. The zero-order valence-corrected chi connectivity index (χ0v) is 10.1. The summed E-state index contributed by atoms with van der Waals surface area (Å²) >= 11 is 0. The maximum absolute atomic E-state index is 10.7. The van der Waals surface area contributed by atoms with Gasteiger partial charge in [0.25, 0.3) is 0 Å². The van der Waals surface area contributed by atoms with Crippen LogP contribution >= 0.6 is 0 Å². The Morgan fingerprint density at radius 3 is 2.67 bits per heavy atom. The second-order valence-corrected chi connectivity index (χ2v) is 5.94. The summed E-state index contributed by atoms with van der Waals surface area (Å²) < 4.78 is 0. The van der Waals surface area contributed by atoms with Gasteiger partial charge < -0.3 is 10.4 Å². The molecule has 0 radical (unpaired) electrons. The maximum atomic E-state index is 10.7. The van der Waals surface area contributed by atoms with E-state index in [-0.39, 0.29) is 0 Å². The molecule has 2 fully saturated rings. The van der Waals surface area contributed by atoms with Gasteiger partial charge in [-0.15, -0.1) is 0 Å². The third-order valence-corrected chi connectivity index (χ3v) is 4.32. The number of rotatable bonds is 1. The lowest BCUT2D eigenvalue weighted by Crippen LogP contribution is -2.55. The number of nitrogens with one attached hydrogen (secondary N) is 1. The molecule has 1 saturated heterocycles. The first-order valence-electron chi connectivity index (χ1n) is 6.56. The van der Waals surface area contributed by atoms with Gasteiger partial charge in [-0.2, -0.15) is 0 Å². The van der Waals surface area contributed by atoms with Crippen molar-refractivity contribution in [2.45, 2.75) is 64.0 Å². The van der Waals surface area contributed by atoms with Crippen LogP contribution in [0.2, 0.25) is 0 Å². The van der Waals surface area contributed by atoms with Crippen molar-refractivity contribution in [2.24, 2.45) is 11.8 Å². The van der Waals surface area contributed by atoms with E-state index >= 15 is 0 Å². The molecule has 0 aromatic rings. The topological polar surface area (TPSA) is 32.3 Å². The smallest absolute Gasteiger partial charge is 0.0802 e. The average Bonchev–Trinajstić information content (AvgIpc) is 2.17. The zero-order valence-electron chi connectivity index (χ0n) is 10.1. The molecule has 0 amide bonds. The van der Waals surface area contributed by atoms with Gasteiger partial charge in [-0.25, -0.2) is 0 Å². The zero-order chi connectivity index (χ0) is 10.9. The Hall–Kier alpha value is -0.0800. The maximum Gasteiger partial charge on any atom is 0.0802 e. The third-order valence-electron chi connectivity index (χ3n) is 4.32. The molecule has 0 spiro atoms. The molecular formula is C13H25NO. The van der Waals surface area contributed by atoms with Crippen LogP contribution in [0.3, 0.4) is 0 Å². The first-order valence-corrected chi connectivity index (χ1v) is 6.56. The van der Waals surface area contributed by atoms with Gasteiger partial charge in [-0.05, 0) is 44.1 Å². The van der Waals surface area contributed by atoms with E-state index in [0.29, 0.717) is 12.0 Å². The van der Waals surface area contributed by atoms with Crippen molar-refractivity contribution in [3.05, 3.63) is 0 Å². The van der Waals surface area contributed by atoms with Crippen LogP contribution < -0.4 is 5.32 Å². The van der Waals surface area contributed by atoms with Crippen molar-refractivity contribution < 1.29 is 5.11 Å². The van der Waals surface area contributed by atoms with Gasteiger partial charge >= 0.3 is 0 Å². The van der Waals surface area contributed by atoms with E-state index < -0.39 is 5.60 Å². The van der Waals surface area contributed by atoms with Crippen LogP contribution in [0.1, 0.15) is 52.4 Å². The molecule has 1 aliphatic carbocycles. The molecule has 2 heteroatoms. The van der Waals surface area contributed by atoms with Gasteiger partial charge in [-0.1, -0.05) is 26.7 Å². The predicted octanol–water partition coefficient (Wildman–Crippen LogP) is 2.32. The quantitative estimate of drug-likeness (QED) is 0.697. The molecule has 0 bridgehead atoms. The van der Waals surface area contributed by atoms with E-state index in [9.17, 15) is 5.11 Å². The van der Waals surface area contributed by atoms with Crippen molar-refractivity contribution in [2.75, 3.05) is 6.54 Å². The molecule has 0 aromatic heterocycles. The van der Waals surface area contributed by atoms with Gasteiger partial charge in [0, 0.05) is 6.04 Å². The van der Waals surface area contributed by atoms with Crippen LogP contribution in [-0.4, -0.2) is 23.3 Å². The number of piperidine rings is 1. The predicted molar refractivity (Wildman–Crippen MR) is 62.8 cm³/mol. The SMILES string of the molecule is CC1CCNC(C2(O)CCCC(C)C2)C1. The first-order chi connectivity index (χ1) is 7.10. The first kappa shape index (κ1) is 11.4. The molecule has 4 atom stereocenters. The summed E-state index contributed by atoms with van der Waals surface area (Å²) in [5.41, 5.74) is -0.410. The Morgan fingerprint density at radius 1 is 1.20 bits per heavy atom. The van der Waals surface area contributed by atoms with E-state index in [1.165, 1.54) is 19.3 Å². The molecule has 1 aliphatic heterocycles. The summed E-state index contributed by atoms with van der Waals surface area (Å²) in [6.45, 7) is 5.67. The monoisotopic (exact) mass is 211 g/mol. The summed E-state index contributed by atoms with van der Waals surface area (Å²) in [5.74, 6) is 1.47. The fraction of sp³-hybridized carbons (Fsp3) is 1.00. The summed E-state index contributed by atoms with van der Waals surface area (Å²) in [6, 6.07) is 0.351. The van der Waals surface area contributed by atoms with Crippen molar-refractivity contribution >= 4 is 0 Å². The van der Waals surface area contributed by atoms with E-state index in [4.69, 9.17) is 0 Å². The highest BCUT2D eigenvalue weighted by atomic mass is 16.3. The lowest BCUT2D eigenvalue weighted by molar-refractivity contribution is -0.0558. The average molecular weight is 211 g/mol. The largest absolute Gasteiger partial charge is 0.388 e. The molecule has 1 saturated carbocycles. The summed E-state index contributed by atoms with van der Waals surface area (Å²) in [7, 11) is 0. The molecule has 0 aromatic carbocycles. The highest BCUT2D eigenvalue weighted by Gasteiger charge is 2.41. The standard InChI is InChI=1S/C13H25NO/c1-10-5-7-14-12(8-10)13(15)6-3-4-11(2)9-13/h10-12,14-15H,3-9H2,1-2H3. The molecule has 2 nitrogen and oxygen atoms in total. The molecule has 1 heterocycles. The Kier molecular flexibility index (Phi) is 3.36. The van der Waals surface area contributed by atoms with E-state index in [0.717, 1.165) is 31.7 Å². The fourth-order valence-corrected chi connectivity index (χ4v) is 3.40. The van der Waals surface area contributed by atoms with E-state index in [1.807, 2.05) is 0 Å². The van der Waals surface area contributed by atoms with Crippen LogP contribution in [0, 0.1) is 11.8 Å². The van der Waals surface area contributed by atoms with Gasteiger partial charge in [0.05, 0.1) is 5.60 Å². The second-order valence-electron chi connectivity index (χ2n) is 5.94. The molecule has 88 valence electrons. The highest BCUT2D eigenvalue weighted by molar-refractivity contribution is 4.97. The summed E-state index contributed by atoms with van der Waals surface area (Å²) in [4.78, 5) is 0. The van der Waals surface area contributed by atoms with Crippen LogP contribution in [0.15, 0.2) is 0 Å². The Bertz CT molecular complexity index is 219. The molecule has 4 unspecified atom stereocenters. The molecule has 2 N–H and O–H groups in total.